The van der Waals surface area contributed by atoms with Crippen LogP contribution in [-0.4, -0.2) is 17.9 Å². The Morgan fingerprint density at radius 1 is 1.12 bits per heavy atom. The molecule has 7 heteroatoms. The van der Waals surface area contributed by atoms with Gasteiger partial charge in [0, 0.05) is 11.6 Å². The summed E-state index contributed by atoms with van der Waals surface area (Å²) in [6, 6.07) is 9.93. The maximum Gasteiger partial charge on any atom is 0.266 e. The van der Waals surface area contributed by atoms with Crippen LogP contribution in [0.1, 0.15) is 15.9 Å². The largest absolute Gasteiger partial charge is 0.497 e. The Bertz CT molecular complexity index is 1130. The SMILES string of the molecule is COc1ccc(C(=O)/C=c2\[nH]c(=O)/c(=C\c3ccc(F)c(F)c3)s2)cc1. The first-order chi connectivity index (χ1) is 12.5. The van der Waals surface area contributed by atoms with E-state index in [-0.39, 0.29) is 10.3 Å². The quantitative estimate of drug-likeness (QED) is 0.714. The molecule has 3 rings (SSSR count). The van der Waals surface area contributed by atoms with Crippen LogP contribution in [0.25, 0.3) is 12.2 Å². The smallest absolute Gasteiger partial charge is 0.266 e. The van der Waals surface area contributed by atoms with Gasteiger partial charge in [0.05, 0.1) is 16.3 Å². The van der Waals surface area contributed by atoms with Crippen molar-refractivity contribution in [2.75, 3.05) is 7.11 Å². The minimum atomic E-state index is -0.992. The molecule has 0 spiro atoms. The first-order valence-electron chi connectivity index (χ1n) is 7.52. The van der Waals surface area contributed by atoms with E-state index in [9.17, 15) is 18.4 Å². The van der Waals surface area contributed by atoms with Gasteiger partial charge in [0.1, 0.15) is 5.75 Å². The molecule has 1 N–H and O–H groups in total. The fourth-order valence-electron chi connectivity index (χ4n) is 2.24. The summed E-state index contributed by atoms with van der Waals surface area (Å²) in [7, 11) is 1.53. The number of benzene rings is 2. The molecule has 4 nitrogen and oxygen atoms in total. The number of carbonyl (C=O) groups is 1. The molecule has 2 aromatic carbocycles. The third-order valence-corrected chi connectivity index (χ3v) is 4.52. The third-order valence-electron chi connectivity index (χ3n) is 3.56. The number of rotatable bonds is 4. The second kappa shape index (κ2) is 7.45. The zero-order valence-corrected chi connectivity index (χ0v) is 14.4. The van der Waals surface area contributed by atoms with Crippen molar-refractivity contribution in [2.45, 2.75) is 0 Å². The average molecular weight is 373 g/mol. The van der Waals surface area contributed by atoms with E-state index < -0.39 is 17.2 Å². The van der Waals surface area contributed by atoms with Gasteiger partial charge in [-0.1, -0.05) is 6.07 Å². The Balaban J connectivity index is 1.94. The van der Waals surface area contributed by atoms with Crippen LogP contribution in [0, 0.1) is 11.6 Å². The minimum Gasteiger partial charge on any atom is -0.497 e. The minimum absolute atomic E-state index is 0.274. The fraction of sp³-hybridized carbons (Fsp3) is 0.0526. The van der Waals surface area contributed by atoms with E-state index in [1.54, 1.807) is 24.3 Å². The van der Waals surface area contributed by atoms with Crippen LogP contribution in [-0.2, 0) is 0 Å². The summed E-state index contributed by atoms with van der Waals surface area (Å²) in [5, 5.41) is 0. The number of aromatic nitrogens is 1. The average Bonchev–Trinajstić information content (AvgIpc) is 2.97. The van der Waals surface area contributed by atoms with Crippen LogP contribution < -0.4 is 19.5 Å². The molecule has 132 valence electrons. The highest BCUT2D eigenvalue weighted by Crippen LogP contribution is 2.12. The Kier molecular flexibility index (Phi) is 5.09. The molecule has 0 bridgehead atoms. The first kappa shape index (κ1) is 17.8. The lowest BCUT2D eigenvalue weighted by Gasteiger charge is -1.99. The highest BCUT2D eigenvalue weighted by molar-refractivity contribution is 7.07. The van der Waals surface area contributed by atoms with Crippen LogP contribution in [0.15, 0.2) is 47.3 Å². The Morgan fingerprint density at radius 3 is 2.50 bits per heavy atom. The van der Waals surface area contributed by atoms with Gasteiger partial charge >= 0.3 is 0 Å². The Labute approximate surface area is 150 Å². The topological polar surface area (TPSA) is 59.2 Å². The summed E-state index contributed by atoms with van der Waals surface area (Å²) in [6.07, 6.45) is 2.75. The molecule has 0 saturated carbocycles. The van der Waals surface area contributed by atoms with Crippen LogP contribution >= 0.6 is 11.3 Å². The normalized spacial score (nSPS) is 12.4. The van der Waals surface area contributed by atoms with Gasteiger partial charge in [0.2, 0.25) is 0 Å². The lowest BCUT2D eigenvalue weighted by molar-refractivity contribution is 0.106. The molecule has 0 aliphatic rings. The molecule has 1 aromatic heterocycles. The van der Waals surface area contributed by atoms with Crippen molar-refractivity contribution in [3.63, 3.8) is 0 Å². The number of methoxy groups -OCH3 is 1. The predicted molar refractivity (Wildman–Crippen MR) is 95.9 cm³/mol. The second-order valence-corrected chi connectivity index (χ2v) is 6.42. The van der Waals surface area contributed by atoms with Crippen molar-refractivity contribution in [2.24, 2.45) is 0 Å². The maximum atomic E-state index is 13.3. The zero-order valence-electron chi connectivity index (χ0n) is 13.6. The van der Waals surface area contributed by atoms with E-state index in [2.05, 4.69) is 4.98 Å². The van der Waals surface area contributed by atoms with Gasteiger partial charge < -0.3 is 9.72 Å². The van der Waals surface area contributed by atoms with Gasteiger partial charge in [-0.05, 0) is 48.0 Å². The van der Waals surface area contributed by atoms with Crippen LogP contribution in [0.4, 0.5) is 8.78 Å². The molecule has 0 unspecified atom stereocenters. The number of ketones is 1. The zero-order chi connectivity index (χ0) is 18.7. The number of Topliss-reactive ketones (excluding diaryl/α,β-unsaturated/α-hetero) is 1. The predicted octanol–water partition coefficient (Wildman–Crippen LogP) is 2.22. The van der Waals surface area contributed by atoms with Gasteiger partial charge in [-0.15, -0.1) is 11.3 Å². The lowest BCUT2D eigenvalue weighted by atomic mass is 10.1. The van der Waals surface area contributed by atoms with Gasteiger partial charge in [-0.25, -0.2) is 8.78 Å². The molecule has 0 saturated heterocycles. The van der Waals surface area contributed by atoms with Crippen molar-refractivity contribution in [3.05, 3.63) is 84.8 Å². The fourth-order valence-corrected chi connectivity index (χ4v) is 3.12. The number of H-pyrrole nitrogens is 1. The summed E-state index contributed by atoms with van der Waals surface area (Å²) < 4.78 is 31.9. The molecule has 3 aromatic rings. The van der Waals surface area contributed by atoms with E-state index in [0.717, 1.165) is 23.5 Å². The van der Waals surface area contributed by atoms with Crippen LogP contribution in [0.5, 0.6) is 5.75 Å². The molecule has 1 heterocycles. The lowest BCUT2D eigenvalue weighted by Crippen LogP contribution is -2.20. The molecule has 0 fully saturated rings. The molecule has 0 amide bonds. The highest BCUT2D eigenvalue weighted by Gasteiger charge is 2.05. The Hall–Kier alpha value is -3.06. The Morgan fingerprint density at radius 2 is 1.85 bits per heavy atom. The van der Waals surface area contributed by atoms with E-state index >= 15 is 0 Å². The number of hydrogen-bond acceptors (Lipinski definition) is 4. The first-order valence-corrected chi connectivity index (χ1v) is 8.34. The number of ether oxygens (including phenoxy) is 1. The van der Waals surface area contributed by atoms with E-state index in [1.165, 1.54) is 25.3 Å². The number of carbonyl (C=O) groups excluding carboxylic acids is 1. The third kappa shape index (κ3) is 3.94. The molecule has 0 aliphatic carbocycles. The van der Waals surface area contributed by atoms with Crippen molar-refractivity contribution >= 4 is 29.3 Å². The molecule has 26 heavy (non-hydrogen) atoms. The van der Waals surface area contributed by atoms with Crippen LogP contribution in [0.3, 0.4) is 0 Å². The standard InChI is InChI=1S/C19H13F2NO3S/c1-25-13-5-3-12(4-6-13)16(23)10-18-22-19(24)17(26-18)9-11-2-7-14(20)15(21)8-11/h2-10H,1H3,(H,22,24)/b17-9+,18-10+. The molecule has 0 atom stereocenters. The number of nitrogens with one attached hydrogen (secondary N) is 1. The summed E-state index contributed by atoms with van der Waals surface area (Å²) in [5.74, 6) is -1.59. The van der Waals surface area contributed by atoms with Gasteiger partial charge in [0.15, 0.2) is 17.4 Å². The van der Waals surface area contributed by atoms with Crippen molar-refractivity contribution in [3.8, 4) is 5.75 Å². The summed E-state index contributed by atoms with van der Waals surface area (Å²) in [5.41, 5.74) is 0.393. The molecular weight excluding hydrogens is 360 g/mol. The number of hydrogen-bond donors (Lipinski definition) is 1. The number of halogens is 2. The summed E-state index contributed by atoms with van der Waals surface area (Å²) in [6.45, 7) is 0. The number of aromatic amines is 1. The van der Waals surface area contributed by atoms with Gasteiger partial charge in [0.25, 0.3) is 5.56 Å². The maximum absolute atomic E-state index is 13.3. The van der Waals surface area contributed by atoms with Crippen molar-refractivity contribution in [1.29, 1.82) is 0 Å². The van der Waals surface area contributed by atoms with Crippen LogP contribution in [0.2, 0.25) is 0 Å². The van der Waals surface area contributed by atoms with E-state index in [4.69, 9.17) is 4.74 Å². The van der Waals surface area contributed by atoms with Crippen molar-refractivity contribution < 1.29 is 18.3 Å². The number of thiazole rings is 1. The molecule has 0 radical (unpaired) electrons. The van der Waals surface area contributed by atoms with E-state index in [0.29, 0.717) is 21.5 Å². The molecular formula is C19H13F2NO3S. The second-order valence-electron chi connectivity index (χ2n) is 5.34. The summed E-state index contributed by atoms with van der Waals surface area (Å²) >= 11 is 1.05. The van der Waals surface area contributed by atoms with Gasteiger partial charge in [-0.3, -0.25) is 9.59 Å². The van der Waals surface area contributed by atoms with E-state index in [1.807, 2.05) is 0 Å². The highest BCUT2D eigenvalue weighted by atomic mass is 32.1. The van der Waals surface area contributed by atoms with Gasteiger partial charge in [-0.2, -0.15) is 0 Å². The molecule has 0 aliphatic heterocycles. The summed E-state index contributed by atoms with van der Waals surface area (Å²) in [4.78, 5) is 26.8. The monoisotopic (exact) mass is 373 g/mol. The van der Waals surface area contributed by atoms with Crippen molar-refractivity contribution in [1.82, 2.24) is 4.98 Å².